The Morgan fingerprint density at radius 3 is 2.33 bits per heavy atom. The molecule has 0 aromatic rings. The summed E-state index contributed by atoms with van der Waals surface area (Å²) in [4.78, 5) is 34.2. The van der Waals surface area contributed by atoms with Crippen molar-refractivity contribution in [2.45, 2.75) is 45.1 Å². The van der Waals surface area contributed by atoms with Crippen LogP contribution in [0.2, 0.25) is 0 Å². The van der Waals surface area contributed by atoms with Gasteiger partial charge in [-0.2, -0.15) is 0 Å². The van der Waals surface area contributed by atoms with Crippen molar-refractivity contribution in [2.75, 3.05) is 7.11 Å². The van der Waals surface area contributed by atoms with Crippen LogP contribution in [0.5, 0.6) is 0 Å². The normalized spacial score (nSPS) is 19.0. The maximum Gasteiger partial charge on any atom is 0.328 e. The lowest BCUT2D eigenvalue weighted by Crippen LogP contribution is -2.42. The number of esters is 1. The summed E-state index contributed by atoms with van der Waals surface area (Å²) in [5.41, 5.74) is -0.958. The van der Waals surface area contributed by atoms with E-state index in [4.69, 9.17) is 0 Å². The number of amides is 1. The smallest absolute Gasteiger partial charge is 0.328 e. The lowest BCUT2D eigenvalue weighted by molar-refractivity contribution is -0.152. The van der Waals surface area contributed by atoms with Gasteiger partial charge in [0.15, 0.2) is 0 Å². The maximum atomic E-state index is 11.8. The average molecular weight is 257 g/mol. The lowest BCUT2D eigenvalue weighted by Gasteiger charge is -2.23. The Balaban J connectivity index is 2.58. The van der Waals surface area contributed by atoms with Gasteiger partial charge in [0.2, 0.25) is 5.91 Å². The lowest BCUT2D eigenvalue weighted by atomic mass is 9.82. The van der Waals surface area contributed by atoms with E-state index in [2.05, 4.69) is 10.1 Å². The molecular weight excluding hydrogens is 238 g/mol. The molecule has 102 valence electrons. The van der Waals surface area contributed by atoms with Gasteiger partial charge in [0.25, 0.3) is 0 Å². The molecule has 1 unspecified atom stereocenters. The fourth-order valence-electron chi connectivity index (χ4n) is 2.35. The molecule has 1 atom stereocenters. The van der Waals surface area contributed by atoms with E-state index in [1.807, 2.05) is 0 Å². The minimum Gasteiger partial charge on any atom is -0.481 e. The number of carbonyl (C=O) groups excluding carboxylic acids is 2. The predicted molar refractivity (Wildman–Crippen MR) is 62.8 cm³/mol. The summed E-state index contributed by atoms with van der Waals surface area (Å²) in [6.07, 6.45) is 2.60. The van der Waals surface area contributed by atoms with Crippen LogP contribution in [0.25, 0.3) is 0 Å². The molecule has 6 heteroatoms. The number of nitrogens with one attached hydrogen (secondary N) is 1. The Kier molecular flexibility index (Phi) is 4.69. The maximum absolute atomic E-state index is 11.8. The largest absolute Gasteiger partial charge is 0.481 e. The number of rotatable bonds is 5. The number of carbonyl (C=O) groups is 3. The second-order valence-electron chi connectivity index (χ2n) is 4.78. The molecule has 1 fully saturated rings. The van der Waals surface area contributed by atoms with Crippen molar-refractivity contribution in [2.24, 2.45) is 5.41 Å². The average Bonchev–Trinajstić information content (AvgIpc) is 2.77. The molecule has 0 bridgehead atoms. The van der Waals surface area contributed by atoms with Gasteiger partial charge in [0.1, 0.15) is 6.04 Å². The molecular formula is C12H19NO5. The summed E-state index contributed by atoms with van der Waals surface area (Å²) in [7, 11) is 1.24. The van der Waals surface area contributed by atoms with Crippen molar-refractivity contribution in [3.05, 3.63) is 0 Å². The molecule has 1 saturated carbocycles. The molecule has 0 saturated heterocycles. The van der Waals surface area contributed by atoms with E-state index in [1.165, 1.54) is 14.0 Å². The van der Waals surface area contributed by atoms with Crippen LogP contribution in [0.1, 0.15) is 39.0 Å². The number of ether oxygens (including phenoxy) is 1. The van der Waals surface area contributed by atoms with Crippen molar-refractivity contribution >= 4 is 17.8 Å². The molecule has 1 aliphatic carbocycles. The van der Waals surface area contributed by atoms with E-state index in [1.54, 1.807) is 0 Å². The summed E-state index contributed by atoms with van der Waals surface area (Å²) >= 11 is 0. The van der Waals surface area contributed by atoms with Gasteiger partial charge in [-0.1, -0.05) is 12.8 Å². The summed E-state index contributed by atoms with van der Waals surface area (Å²) in [5.74, 6) is -1.89. The number of hydrogen-bond acceptors (Lipinski definition) is 4. The third-order valence-corrected chi connectivity index (χ3v) is 3.45. The molecule has 1 rings (SSSR count). The second kappa shape index (κ2) is 5.84. The van der Waals surface area contributed by atoms with Crippen LogP contribution in [0.4, 0.5) is 0 Å². The highest BCUT2D eigenvalue weighted by atomic mass is 16.5. The van der Waals surface area contributed by atoms with Crippen LogP contribution in [0, 0.1) is 5.41 Å². The fraction of sp³-hybridized carbons (Fsp3) is 0.750. The Morgan fingerprint density at radius 1 is 1.33 bits per heavy atom. The van der Waals surface area contributed by atoms with Gasteiger partial charge in [0.05, 0.1) is 12.5 Å². The van der Waals surface area contributed by atoms with E-state index in [0.29, 0.717) is 12.8 Å². The molecule has 0 aromatic heterocycles. The topological polar surface area (TPSA) is 92.7 Å². The Morgan fingerprint density at radius 2 is 1.89 bits per heavy atom. The van der Waals surface area contributed by atoms with Crippen molar-refractivity contribution < 1.29 is 24.2 Å². The van der Waals surface area contributed by atoms with Gasteiger partial charge in [-0.3, -0.25) is 9.59 Å². The van der Waals surface area contributed by atoms with Crippen LogP contribution >= 0.6 is 0 Å². The first-order valence-corrected chi connectivity index (χ1v) is 6.02. The van der Waals surface area contributed by atoms with E-state index < -0.39 is 29.3 Å². The first-order valence-electron chi connectivity index (χ1n) is 6.02. The van der Waals surface area contributed by atoms with E-state index in [9.17, 15) is 19.5 Å². The molecule has 2 N–H and O–H groups in total. The first-order chi connectivity index (χ1) is 8.41. The molecule has 1 aliphatic rings. The van der Waals surface area contributed by atoms with Gasteiger partial charge in [-0.05, 0) is 19.8 Å². The van der Waals surface area contributed by atoms with Crippen LogP contribution in [0.3, 0.4) is 0 Å². The number of aliphatic carboxylic acids is 1. The Bertz CT molecular complexity index is 346. The fourth-order valence-corrected chi connectivity index (χ4v) is 2.35. The molecule has 0 spiro atoms. The van der Waals surface area contributed by atoms with E-state index in [0.717, 1.165) is 12.8 Å². The van der Waals surface area contributed by atoms with Gasteiger partial charge >= 0.3 is 11.9 Å². The van der Waals surface area contributed by atoms with Crippen molar-refractivity contribution in [1.29, 1.82) is 0 Å². The van der Waals surface area contributed by atoms with Crippen LogP contribution in [-0.4, -0.2) is 36.1 Å². The van der Waals surface area contributed by atoms with Crippen molar-refractivity contribution in [3.8, 4) is 0 Å². The molecule has 0 aliphatic heterocycles. The molecule has 0 heterocycles. The molecule has 0 aromatic carbocycles. The monoisotopic (exact) mass is 257 g/mol. The van der Waals surface area contributed by atoms with Crippen molar-refractivity contribution in [3.63, 3.8) is 0 Å². The molecule has 0 radical (unpaired) electrons. The summed E-state index contributed by atoms with van der Waals surface area (Å²) in [6, 6.07) is -0.755. The highest BCUT2D eigenvalue weighted by Gasteiger charge is 2.43. The zero-order valence-electron chi connectivity index (χ0n) is 10.7. The zero-order chi connectivity index (χ0) is 13.8. The number of hydrogen-bond donors (Lipinski definition) is 2. The zero-order valence-corrected chi connectivity index (χ0v) is 10.7. The molecule has 18 heavy (non-hydrogen) atoms. The van der Waals surface area contributed by atoms with Gasteiger partial charge < -0.3 is 15.2 Å². The quantitative estimate of drug-likeness (QED) is 0.707. The number of carboxylic acids is 1. The standard InChI is InChI=1S/C12H19NO5/c1-8(10(15)18-2)13-9(14)7-12(11(16)17)5-3-4-6-12/h8H,3-7H2,1-2H3,(H,13,14)(H,16,17). The summed E-state index contributed by atoms with van der Waals surface area (Å²) in [6.45, 7) is 1.51. The number of methoxy groups -OCH3 is 1. The minimum absolute atomic E-state index is 0.0797. The highest BCUT2D eigenvalue weighted by Crippen LogP contribution is 2.41. The Hall–Kier alpha value is -1.59. The number of carboxylic acid groups (broad SMARTS) is 1. The van der Waals surface area contributed by atoms with Crippen LogP contribution in [-0.2, 0) is 19.1 Å². The van der Waals surface area contributed by atoms with E-state index >= 15 is 0 Å². The van der Waals surface area contributed by atoms with Crippen molar-refractivity contribution in [1.82, 2.24) is 5.32 Å². The predicted octanol–water partition coefficient (Wildman–Crippen LogP) is 0.699. The third kappa shape index (κ3) is 3.21. The van der Waals surface area contributed by atoms with Gasteiger partial charge in [0, 0.05) is 6.42 Å². The molecule has 6 nitrogen and oxygen atoms in total. The van der Waals surface area contributed by atoms with Crippen LogP contribution in [0.15, 0.2) is 0 Å². The highest BCUT2D eigenvalue weighted by molar-refractivity contribution is 5.88. The minimum atomic E-state index is -0.958. The third-order valence-electron chi connectivity index (χ3n) is 3.45. The SMILES string of the molecule is COC(=O)C(C)NC(=O)CC1(C(=O)O)CCCC1. The Labute approximate surface area is 106 Å². The van der Waals surface area contributed by atoms with E-state index in [-0.39, 0.29) is 6.42 Å². The van der Waals surface area contributed by atoms with Gasteiger partial charge in [-0.15, -0.1) is 0 Å². The van der Waals surface area contributed by atoms with Crippen LogP contribution < -0.4 is 5.32 Å². The summed E-state index contributed by atoms with van der Waals surface area (Å²) < 4.78 is 4.49. The van der Waals surface area contributed by atoms with Gasteiger partial charge in [-0.25, -0.2) is 4.79 Å². The summed E-state index contributed by atoms with van der Waals surface area (Å²) in [5, 5.41) is 11.7. The molecule has 1 amide bonds. The first kappa shape index (κ1) is 14.5. The second-order valence-corrected chi connectivity index (χ2v) is 4.78.